The number of thioether (sulfide) groups is 1. The number of hydrogen-bond donors (Lipinski definition) is 0. The van der Waals surface area contributed by atoms with E-state index in [2.05, 4.69) is 18.7 Å². The van der Waals surface area contributed by atoms with Crippen LogP contribution in [0.4, 0.5) is 0 Å². The molecular weight excluding hydrogens is 182 g/mol. The number of amides is 1. The highest BCUT2D eigenvalue weighted by atomic mass is 32.2. The number of nitrogens with zero attached hydrogens (tertiary/aromatic N) is 1. The SMILES string of the molecule is CC1(C)CN(C(=O)C2CC2)CCS1. The van der Waals surface area contributed by atoms with Crippen LogP contribution >= 0.6 is 11.8 Å². The van der Waals surface area contributed by atoms with E-state index in [0.717, 1.165) is 31.7 Å². The quantitative estimate of drug-likeness (QED) is 0.641. The lowest BCUT2D eigenvalue weighted by Crippen LogP contribution is -2.46. The van der Waals surface area contributed by atoms with Crippen LogP contribution in [0.15, 0.2) is 0 Å². The average Bonchev–Trinajstić information content (AvgIpc) is 2.83. The van der Waals surface area contributed by atoms with Crippen molar-refractivity contribution in [3.63, 3.8) is 0 Å². The topological polar surface area (TPSA) is 20.3 Å². The summed E-state index contributed by atoms with van der Waals surface area (Å²) in [5.41, 5.74) is 0. The Kier molecular flexibility index (Phi) is 2.30. The van der Waals surface area contributed by atoms with Crippen molar-refractivity contribution in [1.82, 2.24) is 4.90 Å². The molecule has 0 aromatic carbocycles. The van der Waals surface area contributed by atoms with E-state index in [1.807, 2.05) is 11.8 Å². The summed E-state index contributed by atoms with van der Waals surface area (Å²) in [6, 6.07) is 0. The molecule has 0 bridgehead atoms. The van der Waals surface area contributed by atoms with Gasteiger partial charge >= 0.3 is 0 Å². The van der Waals surface area contributed by atoms with Crippen LogP contribution in [-0.2, 0) is 4.79 Å². The van der Waals surface area contributed by atoms with Gasteiger partial charge in [0.1, 0.15) is 0 Å². The van der Waals surface area contributed by atoms with Crippen LogP contribution in [0.2, 0.25) is 0 Å². The van der Waals surface area contributed by atoms with Crippen molar-refractivity contribution < 1.29 is 4.79 Å². The predicted octanol–water partition coefficient (Wildman–Crippen LogP) is 1.75. The molecule has 1 saturated heterocycles. The van der Waals surface area contributed by atoms with Crippen LogP contribution in [-0.4, -0.2) is 34.4 Å². The van der Waals surface area contributed by atoms with Crippen molar-refractivity contribution in [3.05, 3.63) is 0 Å². The molecule has 1 amide bonds. The molecular formula is C10H17NOS. The fourth-order valence-electron chi connectivity index (χ4n) is 1.79. The molecule has 1 aliphatic heterocycles. The first-order chi connectivity index (χ1) is 6.08. The van der Waals surface area contributed by atoms with Gasteiger partial charge in [0.25, 0.3) is 0 Å². The maximum Gasteiger partial charge on any atom is 0.225 e. The molecule has 0 aromatic heterocycles. The van der Waals surface area contributed by atoms with Crippen LogP contribution in [0.3, 0.4) is 0 Å². The largest absolute Gasteiger partial charge is 0.340 e. The predicted molar refractivity (Wildman–Crippen MR) is 55.8 cm³/mol. The Bertz CT molecular complexity index is 223. The van der Waals surface area contributed by atoms with Crippen LogP contribution in [0.25, 0.3) is 0 Å². The van der Waals surface area contributed by atoms with Gasteiger partial charge in [-0.1, -0.05) is 0 Å². The Morgan fingerprint density at radius 2 is 2.15 bits per heavy atom. The zero-order chi connectivity index (χ0) is 9.47. The zero-order valence-corrected chi connectivity index (χ0v) is 9.19. The third kappa shape index (κ3) is 2.19. The molecule has 1 saturated carbocycles. The smallest absolute Gasteiger partial charge is 0.225 e. The second-order valence-electron chi connectivity index (χ2n) is 4.64. The molecule has 0 N–H and O–H groups in total. The van der Waals surface area contributed by atoms with Crippen LogP contribution in [0, 0.1) is 5.92 Å². The number of carbonyl (C=O) groups is 1. The van der Waals surface area contributed by atoms with E-state index in [0.29, 0.717) is 11.8 Å². The van der Waals surface area contributed by atoms with Gasteiger partial charge in [-0.3, -0.25) is 4.79 Å². The van der Waals surface area contributed by atoms with Crippen molar-refractivity contribution in [2.45, 2.75) is 31.4 Å². The third-order valence-corrected chi connectivity index (χ3v) is 3.96. The summed E-state index contributed by atoms with van der Waals surface area (Å²) >= 11 is 1.98. The summed E-state index contributed by atoms with van der Waals surface area (Å²) < 4.78 is 0.267. The van der Waals surface area contributed by atoms with E-state index in [1.54, 1.807) is 0 Å². The average molecular weight is 199 g/mol. The van der Waals surface area contributed by atoms with E-state index in [9.17, 15) is 4.79 Å². The Labute approximate surface area is 84.1 Å². The van der Waals surface area contributed by atoms with Crippen LogP contribution in [0.5, 0.6) is 0 Å². The van der Waals surface area contributed by atoms with Crippen molar-refractivity contribution in [3.8, 4) is 0 Å². The molecule has 0 atom stereocenters. The minimum Gasteiger partial charge on any atom is -0.340 e. The molecule has 13 heavy (non-hydrogen) atoms. The summed E-state index contributed by atoms with van der Waals surface area (Å²) in [6.07, 6.45) is 2.26. The molecule has 2 nitrogen and oxygen atoms in total. The van der Waals surface area contributed by atoms with Gasteiger partial charge in [0, 0.05) is 29.5 Å². The lowest BCUT2D eigenvalue weighted by atomic mass is 10.1. The maximum atomic E-state index is 11.8. The standard InChI is InChI=1S/C10H17NOS/c1-10(2)7-11(5-6-13-10)9(12)8-3-4-8/h8H,3-7H2,1-2H3. The first kappa shape index (κ1) is 9.38. The minimum atomic E-state index is 0.267. The molecule has 0 radical (unpaired) electrons. The fraction of sp³-hybridized carbons (Fsp3) is 0.900. The van der Waals surface area contributed by atoms with Gasteiger partial charge < -0.3 is 4.90 Å². The van der Waals surface area contributed by atoms with E-state index in [1.165, 1.54) is 0 Å². The molecule has 2 aliphatic rings. The summed E-state index contributed by atoms with van der Waals surface area (Å²) in [7, 11) is 0. The van der Waals surface area contributed by atoms with Gasteiger partial charge in [0.05, 0.1) is 0 Å². The van der Waals surface area contributed by atoms with Crippen molar-refractivity contribution in [1.29, 1.82) is 0 Å². The van der Waals surface area contributed by atoms with Crippen molar-refractivity contribution >= 4 is 17.7 Å². The molecule has 1 heterocycles. The lowest BCUT2D eigenvalue weighted by molar-refractivity contribution is -0.132. The van der Waals surface area contributed by atoms with Gasteiger partial charge in [-0.2, -0.15) is 11.8 Å². The Morgan fingerprint density at radius 3 is 2.69 bits per heavy atom. The maximum absolute atomic E-state index is 11.8. The van der Waals surface area contributed by atoms with E-state index in [4.69, 9.17) is 0 Å². The monoisotopic (exact) mass is 199 g/mol. The molecule has 3 heteroatoms. The van der Waals surface area contributed by atoms with Gasteiger partial charge in [-0.25, -0.2) is 0 Å². The van der Waals surface area contributed by atoms with Crippen molar-refractivity contribution in [2.75, 3.05) is 18.8 Å². The van der Waals surface area contributed by atoms with Gasteiger partial charge in [0.2, 0.25) is 5.91 Å². The Hall–Kier alpha value is -0.180. The summed E-state index contributed by atoms with van der Waals surface area (Å²) in [4.78, 5) is 13.8. The number of rotatable bonds is 1. The normalized spacial score (nSPS) is 27.4. The lowest BCUT2D eigenvalue weighted by Gasteiger charge is -2.37. The molecule has 1 aliphatic carbocycles. The molecule has 0 unspecified atom stereocenters. The Morgan fingerprint density at radius 1 is 1.46 bits per heavy atom. The first-order valence-corrected chi connectivity index (χ1v) is 6.00. The summed E-state index contributed by atoms with van der Waals surface area (Å²) in [5.74, 6) is 1.90. The third-order valence-electron chi connectivity index (χ3n) is 2.66. The highest BCUT2D eigenvalue weighted by Gasteiger charge is 2.37. The van der Waals surface area contributed by atoms with Crippen molar-refractivity contribution in [2.24, 2.45) is 5.92 Å². The van der Waals surface area contributed by atoms with E-state index >= 15 is 0 Å². The summed E-state index contributed by atoms with van der Waals surface area (Å²) in [6.45, 7) is 6.35. The Balaban J connectivity index is 1.95. The van der Waals surface area contributed by atoms with Gasteiger partial charge in [-0.15, -0.1) is 0 Å². The fourth-order valence-corrected chi connectivity index (χ4v) is 2.90. The van der Waals surface area contributed by atoms with Crippen LogP contribution in [0.1, 0.15) is 26.7 Å². The molecule has 2 fully saturated rings. The summed E-state index contributed by atoms with van der Waals surface area (Å²) in [5, 5.41) is 0. The number of hydrogen-bond acceptors (Lipinski definition) is 2. The highest BCUT2D eigenvalue weighted by Crippen LogP contribution is 2.35. The minimum absolute atomic E-state index is 0.267. The second-order valence-corrected chi connectivity index (χ2v) is 6.44. The second kappa shape index (κ2) is 3.19. The first-order valence-electron chi connectivity index (χ1n) is 5.01. The zero-order valence-electron chi connectivity index (χ0n) is 8.38. The molecule has 0 aromatic rings. The highest BCUT2D eigenvalue weighted by molar-refractivity contribution is 8.00. The molecule has 2 rings (SSSR count). The van der Waals surface area contributed by atoms with E-state index < -0.39 is 0 Å². The van der Waals surface area contributed by atoms with E-state index in [-0.39, 0.29) is 4.75 Å². The van der Waals surface area contributed by atoms with Gasteiger partial charge in [-0.05, 0) is 26.7 Å². The molecule has 0 spiro atoms. The molecule has 74 valence electrons. The number of carbonyl (C=O) groups excluding carboxylic acids is 1. The van der Waals surface area contributed by atoms with Crippen LogP contribution < -0.4 is 0 Å². The van der Waals surface area contributed by atoms with Gasteiger partial charge in [0.15, 0.2) is 0 Å².